The van der Waals surface area contributed by atoms with E-state index >= 15 is 0 Å². The Kier molecular flexibility index (Phi) is 6.01. The lowest BCUT2D eigenvalue weighted by molar-refractivity contribution is 0.0981. The fourth-order valence-electron chi connectivity index (χ4n) is 2.59. The van der Waals surface area contributed by atoms with Crippen LogP contribution in [-0.4, -0.2) is 14.3 Å². The molecule has 0 saturated heterocycles. The van der Waals surface area contributed by atoms with E-state index in [1.807, 2.05) is 0 Å². The van der Waals surface area contributed by atoms with E-state index in [9.17, 15) is 39.6 Å². The predicted octanol–water partition coefficient (Wildman–Crippen LogP) is 4.96. The van der Waals surface area contributed by atoms with Gasteiger partial charge in [-0.15, -0.1) is 0 Å². The van der Waals surface area contributed by atoms with Gasteiger partial charge in [0.15, 0.2) is 23.3 Å². The number of amides is 1. The van der Waals surface area contributed by atoms with E-state index in [0.717, 1.165) is 0 Å². The zero-order chi connectivity index (χ0) is 23.1. The molecule has 3 rings (SSSR count). The summed E-state index contributed by atoms with van der Waals surface area (Å²) < 4.78 is 110. The Hall–Kier alpha value is -3.05. The van der Waals surface area contributed by atoms with E-state index in [1.165, 1.54) is 24.3 Å². The van der Waals surface area contributed by atoms with E-state index in [4.69, 9.17) is 11.6 Å². The van der Waals surface area contributed by atoms with E-state index in [1.54, 1.807) is 10.8 Å². The molecule has 31 heavy (non-hydrogen) atoms. The van der Waals surface area contributed by atoms with Crippen LogP contribution in [0.5, 0.6) is 0 Å². The quantitative estimate of drug-likeness (QED) is 0.327. The number of sulfonamides is 1. The summed E-state index contributed by atoms with van der Waals surface area (Å²) in [6.45, 7) is 0. The Bertz CT molecular complexity index is 1290. The maximum Gasteiger partial charge on any atom is 0.265 e. The van der Waals surface area contributed by atoms with Gasteiger partial charge in [-0.2, -0.15) is 0 Å². The van der Waals surface area contributed by atoms with Crippen LogP contribution in [0.4, 0.5) is 26.3 Å². The number of carbonyl (C=O) groups is 1. The molecule has 0 heterocycles. The summed E-state index contributed by atoms with van der Waals surface area (Å²) >= 11 is 5.70. The zero-order valence-electron chi connectivity index (χ0n) is 14.8. The summed E-state index contributed by atoms with van der Waals surface area (Å²) in [5, 5.41) is -0.807. The summed E-state index contributed by atoms with van der Waals surface area (Å²) in [5.74, 6) is -14.6. The zero-order valence-corrected chi connectivity index (χ0v) is 16.4. The van der Waals surface area contributed by atoms with Gasteiger partial charge in [-0.1, -0.05) is 29.8 Å². The molecule has 0 radical (unpaired) electrons. The molecule has 12 heteroatoms. The highest BCUT2D eigenvalue weighted by Gasteiger charge is 2.30. The number of hydrogen-bond acceptors (Lipinski definition) is 3. The SMILES string of the molecule is O=C(NS(=O)(=O)c1cc(-c2c(F)c(F)c(F)c(F)c2F)c(F)cc1Cl)c1ccccc1. The highest BCUT2D eigenvalue weighted by Crippen LogP contribution is 2.36. The van der Waals surface area contributed by atoms with Crippen LogP contribution in [0.3, 0.4) is 0 Å². The molecule has 0 aromatic heterocycles. The van der Waals surface area contributed by atoms with Crippen molar-refractivity contribution in [2.45, 2.75) is 4.90 Å². The van der Waals surface area contributed by atoms with E-state index in [-0.39, 0.29) is 11.6 Å². The van der Waals surface area contributed by atoms with Crippen LogP contribution in [0.1, 0.15) is 10.4 Å². The number of hydrogen-bond donors (Lipinski definition) is 1. The van der Waals surface area contributed by atoms with Gasteiger partial charge < -0.3 is 0 Å². The van der Waals surface area contributed by atoms with Gasteiger partial charge in [-0.25, -0.2) is 39.5 Å². The van der Waals surface area contributed by atoms with E-state index in [0.29, 0.717) is 6.07 Å². The number of carbonyl (C=O) groups excluding carboxylic acids is 1. The Labute approximate surface area is 176 Å². The third-order valence-electron chi connectivity index (χ3n) is 4.05. The molecule has 162 valence electrons. The second-order valence-electron chi connectivity index (χ2n) is 6.01. The van der Waals surface area contributed by atoms with Crippen LogP contribution < -0.4 is 4.72 Å². The largest absolute Gasteiger partial charge is 0.268 e. The normalized spacial score (nSPS) is 11.5. The maximum atomic E-state index is 14.3. The van der Waals surface area contributed by atoms with Crippen LogP contribution in [0.15, 0.2) is 47.4 Å². The molecule has 1 amide bonds. The average Bonchev–Trinajstić information content (AvgIpc) is 2.72. The molecule has 3 aromatic carbocycles. The second kappa shape index (κ2) is 8.23. The summed E-state index contributed by atoms with van der Waals surface area (Å²) in [7, 11) is -4.84. The van der Waals surface area contributed by atoms with Crippen molar-refractivity contribution < 1.29 is 39.6 Å². The van der Waals surface area contributed by atoms with Gasteiger partial charge >= 0.3 is 0 Å². The standard InChI is InChI=1S/C19H8ClF6NO3S/c20-10-7-11(21)9(13-14(22)16(24)18(26)17(25)15(13)23)6-12(10)31(29,30)27-19(28)8-4-2-1-3-5-8/h1-7H,(H,27,28). The number of rotatable bonds is 4. The summed E-state index contributed by atoms with van der Waals surface area (Å²) in [6, 6.07) is 7.54. The van der Waals surface area contributed by atoms with Crippen molar-refractivity contribution >= 4 is 27.5 Å². The van der Waals surface area contributed by atoms with Gasteiger partial charge in [0, 0.05) is 11.1 Å². The third-order valence-corrected chi connectivity index (χ3v) is 5.85. The lowest BCUT2D eigenvalue weighted by atomic mass is 10.0. The molecule has 3 aromatic rings. The Morgan fingerprint density at radius 3 is 1.87 bits per heavy atom. The molecular weight excluding hydrogens is 472 g/mol. The first-order valence-corrected chi connectivity index (χ1v) is 9.95. The second-order valence-corrected chi connectivity index (χ2v) is 8.07. The molecule has 4 nitrogen and oxygen atoms in total. The van der Waals surface area contributed by atoms with Gasteiger partial charge in [-0.3, -0.25) is 4.79 Å². The smallest absolute Gasteiger partial charge is 0.265 e. The molecule has 0 aliphatic heterocycles. The molecule has 1 N–H and O–H groups in total. The molecule has 0 spiro atoms. The Morgan fingerprint density at radius 1 is 0.806 bits per heavy atom. The third kappa shape index (κ3) is 4.10. The number of halogens is 7. The van der Waals surface area contributed by atoms with E-state index < -0.39 is 71.9 Å². The Balaban J connectivity index is 2.16. The van der Waals surface area contributed by atoms with Crippen LogP contribution in [0.25, 0.3) is 11.1 Å². The van der Waals surface area contributed by atoms with Crippen LogP contribution in [-0.2, 0) is 10.0 Å². The minimum absolute atomic E-state index is 0.0794. The minimum Gasteiger partial charge on any atom is -0.268 e. The predicted molar refractivity (Wildman–Crippen MR) is 97.7 cm³/mol. The highest BCUT2D eigenvalue weighted by molar-refractivity contribution is 7.90. The van der Waals surface area contributed by atoms with Crippen molar-refractivity contribution in [1.29, 1.82) is 0 Å². The van der Waals surface area contributed by atoms with Crippen LogP contribution in [0, 0.1) is 34.9 Å². The molecule has 0 aliphatic rings. The molecule has 0 atom stereocenters. The van der Waals surface area contributed by atoms with Gasteiger partial charge in [-0.05, 0) is 24.3 Å². The van der Waals surface area contributed by atoms with Gasteiger partial charge in [0.05, 0.1) is 10.6 Å². The van der Waals surface area contributed by atoms with Crippen LogP contribution in [0.2, 0.25) is 5.02 Å². The molecule has 0 aliphatic carbocycles. The van der Waals surface area contributed by atoms with Gasteiger partial charge in [0.2, 0.25) is 5.82 Å². The lowest BCUT2D eigenvalue weighted by Crippen LogP contribution is -2.30. The summed E-state index contributed by atoms with van der Waals surface area (Å²) in [6.07, 6.45) is 0. The summed E-state index contributed by atoms with van der Waals surface area (Å²) in [4.78, 5) is 11.1. The van der Waals surface area contributed by atoms with Crippen molar-refractivity contribution in [1.82, 2.24) is 4.72 Å². The summed E-state index contributed by atoms with van der Waals surface area (Å²) in [5.41, 5.74) is -3.05. The van der Waals surface area contributed by atoms with Crippen molar-refractivity contribution in [2.24, 2.45) is 0 Å². The molecule has 0 bridgehead atoms. The monoisotopic (exact) mass is 479 g/mol. The first kappa shape index (κ1) is 22.6. The number of nitrogens with one attached hydrogen (secondary N) is 1. The van der Waals surface area contributed by atoms with E-state index in [2.05, 4.69) is 0 Å². The minimum atomic E-state index is -4.84. The molecule has 0 saturated carbocycles. The van der Waals surface area contributed by atoms with Crippen molar-refractivity contribution in [2.75, 3.05) is 0 Å². The fourth-order valence-corrected chi connectivity index (χ4v) is 4.11. The van der Waals surface area contributed by atoms with Gasteiger partial charge in [0.25, 0.3) is 15.9 Å². The van der Waals surface area contributed by atoms with Crippen LogP contribution >= 0.6 is 11.6 Å². The lowest BCUT2D eigenvalue weighted by Gasteiger charge is -2.13. The fraction of sp³-hybridized carbons (Fsp3) is 0. The topological polar surface area (TPSA) is 63.2 Å². The van der Waals surface area contributed by atoms with Crippen molar-refractivity contribution in [3.05, 3.63) is 88.0 Å². The molecule has 0 unspecified atom stereocenters. The van der Waals surface area contributed by atoms with Crippen molar-refractivity contribution in [3.8, 4) is 11.1 Å². The number of benzene rings is 3. The first-order valence-electron chi connectivity index (χ1n) is 8.08. The highest BCUT2D eigenvalue weighted by atomic mass is 35.5. The first-order chi connectivity index (χ1) is 14.5. The van der Waals surface area contributed by atoms with Gasteiger partial charge in [0.1, 0.15) is 10.7 Å². The average molecular weight is 480 g/mol. The molecule has 0 fully saturated rings. The maximum absolute atomic E-state index is 14.3. The van der Waals surface area contributed by atoms with Crippen molar-refractivity contribution in [3.63, 3.8) is 0 Å². The molecular formula is C19H8ClF6NO3S. The Morgan fingerprint density at radius 2 is 1.32 bits per heavy atom.